The van der Waals surface area contributed by atoms with Crippen LogP contribution in [-0.4, -0.2) is 61.3 Å². The third kappa shape index (κ3) is 5.46. The van der Waals surface area contributed by atoms with Crippen molar-refractivity contribution in [2.75, 3.05) is 17.7 Å². The van der Waals surface area contributed by atoms with Crippen LogP contribution >= 0.6 is 0 Å². The monoisotopic (exact) mass is 473 g/mol. The number of hydrogen-bond donors (Lipinski definition) is 5. The molecule has 180 valence electrons. The molecule has 0 spiro atoms. The molecule has 3 aromatic heterocycles. The van der Waals surface area contributed by atoms with E-state index in [4.69, 9.17) is 15.6 Å². The number of carbonyl (C=O) groups excluding carboxylic acids is 1. The minimum Gasteiger partial charge on any atom is -0.479 e. The number of methoxy groups -OCH3 is 1. The van der Waals surface area contributed by atoms with Gasteiger partial charge in [-0.2, -0.15) is 0 Å². The van der Waals surface area contributed by atoms with Gasteiger partial charge in [0.25, 0.3) is 5.91 Å². The van der Waals surface area contributed by atoms with Crippen LogP contribution in [0.1, 0.15) is 30.6 Å². The minimum absolute atomic E-state index is 0.0263. The fraction of sp³-hybridized carbons (Fsp3) is 0.300. The molecule has 3 heterocycles. The molecule has 0 radical (unpaired) electrons. The SMILES string of the molecule is CC[C@@H](Nc1nc(Nc2cnc(OC)c(-n3ccnn3)c2)c(C(N)=O)cc1F)[C@H](C)NC(=O)O. The van der Waals surface area contributed by atoms with Gasteiger partial charge < -0.3 is 31.5 Å². The van der Waals surface area contributed by atoms with Crippen LogP contribution in [0.4, 0.5) is 26.5 Å². The highest BCUT2D eigenvalue weighted by Gasteiger charge is 2.22. The largest absolute Gasteiger partial charge is 0.479 e. The van der Waals surface area contributed by atoms with Crippen LogP contribution < -0.4 is 26.4 Å². The molecule has 14 heteroatoms. The van der Waals surface area contributed by atoms with E-state index in [9.17, 15) is 14.0 Å². The zero-order chi connectivity index (χ0) is 24.8. The Hall–Kier alpha value is -4.49. The summed E-state index contributed by atoms with van der Waals surface area (Å²) in [5, 5.41) is 24.8. The van der Waals surface area contributed by atoms with E-state index < -0.39 is 29.9 Å². The molecule has 0 saturated heterocycles. The highest BCUT2D eigenvalue weighted by atomic mass is 19.1. The molecular weight excluding hydrogens is 449 g/mol. The number of pyridine rings is 2. The summed E-state index contributed by atoms with van der Waals surface area (Å²) >= 11 is 0. The Morgan fingerprint density at radius 3 is 2.68 bits per heavy atom. The van der Waals surface area contributed by atoms with Crippen molar-refractivity contribution in [2.45, 2.75) is 32.4 Å². The van der Waals surface area contributed by atoms with Gasteiger partial charge in [0, 0.05) is 12.1 Å². The number of rotatable bonds is 10. The van der Waals surface area contributed by atoms with Gasteiger partial charge >= 0.3 is 6.09 Å². The van der Waals surface area contributed by atoms with Crippen molar-refractivity contribution in [1.82, 2.24) is 30.3 Å². The van der Waals surface area contributed by atoms with Gasteiger partial charge in [0.2, 0.25) is 5.88 Å². The normalized spacial score (nSPS) is 12.5. The molecule has 0 aromatic carbocycles. The maximum Gasteiger partial charge on any atom is 0.404 e. The van der Waals surface area contributed by atoms with Crippen LogP contribution in [0.5, 0.6) is 5.88 Å². The van der Waals surface area contributed by atoms with E-state index >= 15 is 0 Å². The van der Waals surface area contributed by atoms with E-state index in [1.54, 1.807) is 26.1 Å². The van der Waals surface area contributed by atoms with Crippen molar-refractivity contribution in [3.05, 3.63) is 42.1 Å². The molecule has 3 aromatic rings. The summed E-state index contributed by atoms with van der Waals surface area (Å²) in [5.74, 6) is -1.66. The fourth-order valence-corrected chi connectivity index (χ4v) is 3.23. The lowest BCUT2D eigenvalue weighted by molar-refractivity contribution is 0.1000. The second-order valence-electron chi connectivity index (χ2n) is 7.20. The molecule has 2 atom stereocenters. The quantitative estimate of drug-likeness (QED) is 0.291. The maximum atomic E-state index is 14.8. The maximum absolute atomic E-state index is 14.8. The molecule has 2 amide bonds. The molecule has 0 bridgehead atoms. The van der Waals surface area contributed by atoms with Crippen molar-refractivity contribution < 1.29 is 23.8 Å². The van der Waals surface area contributed by atoms with E-state index in [0.717, 1.165) is 6.07 Å². The molecule has 0 unspecified atom stereocenters. The van der Waals surface area contributed by atoms with E-state index in [1.807, 2.05) is 0 Å². The highest BCUT2D eigenvalue weighted by Crippen LogP contribution is 2.28. The van der Waals surface area contributed by atoms with Gasteiger partial charge in [-0.15, -0.1) is 5.10 Å². The van der Waals surface area contributed by atoms with Crippen molar-refractivity contribution in [3.8, 4) is 11.6 Å². The molecule has 0 saturated carbocycles. The molecule has 0 aliphatic heterocycles. The Kier molecular flexibility index (Phi) is 7.40. The van der Waals surface area contributed by atoms with Crippen LogP contribution in [0.15, 0.2) is 30.7 Å². The van der Waals surface area contributed by atoms with E-state index in [1.165, 1.54) is 24.2 Å². The van der Waals surface area contributed by atoms with Crippen LogP contribution in [0.2, 0.25) is 0 Å². The lowest BCUT2D eigenvalue weighted by atomic mass is 10.1. The van der Waals surface area contributed by atoms with E-state index in [0.29, 0.717) is 17.8 Å². The number of hydrogen-bond acceptors (Lipinski definition) is 9. The average molecular weight is 473 g/mol. The number of nitrogens with two attached hydrogens (primary N) is 1. The summed E-state index contributed by atoms with van der Waals surface area (Å²) in [5.41, 5.74) is 6.07. The molecule has 13 nitrogen and oxygen atoms in total. The first-order chi connectivity index (χ1) is 16.2. The third-order valence-electron chi connectivity index (χ3n) is 4.92. The Bertz CT molecular complexity index is 1170. The van der Waals surface area contributed by atoms with Gasteiger partial charge in [0.1, 0.15) is 11.5 Å². The second-order valence-corrected chi connectivity index (χ2v) is 7.20. The molecule has 34 heavy (non-hydrogen) atoms. The first-order valence-electron chi connectivity index (χ1n) is 10.2. The number of nitrogens with one attached hydrogen (secondary N) is 3. The molecule has 0 aliphatic rings. The van der Waals surface area contributed by atoms with Gasteiger partial charge in [-0.3, -0.25) is 4.79 Å². The van der Waals surface area contributed by atoms with Gasteiger partial charge in [0.05, 0.1) is 37.0 Å². The summed E-state index contributed by atoms with van der Waals surface area (Å²) in [6.07, 6.45) is 3.76. The Labute approximate surface area is 193 Å². The van der Waals surface area contributed by atoms with Gasteiger partial charge in [-0.25, -0.2) is 23.8 Å². The fourth-order valence-electron chi connectivity index (χ4n) is 3.23. The lowest BCUT2D eigenvalue weighted by Crippen LogP contribution is -2.44. The van der Waals surface area contributed by atoms with Crippen LogP contribution in [0.25, 0.3) is 5.69 Å². The number of halogens is 1. The van der Waals surface area contributed by atoms with E-state index in [-0.39, 0.29) is 23.1 Å². The smallest absolute Gasteiger partial charge is 0.404 e. The first-order valence-corrected chi connectivity index (χ1v) is 10.2. The predicted octanol–water partition coefficient (Wildman–Crippen LogP) is 1.89. The summed E-state index contributed by atoms with van der Waals surface area (Å²) < 4.78 is 21.4. The molecule has 6 N–H and O–H groups in total. The third-order valence-corrected chi connectivity index (χ3v) is 4.92. The zero-order valence-corrected chi connectivity index (χ0v) is 18.6. The predicted molar refractivity (Wildman–Crippen MR) is 120 cm³/mol. The molecule has 0 aliphatic carbocycles. The Morgan fingerprint density at radius 1 is 1.32 bits per heavy atom. The number of primary amides is 1. The number of carbonyl (C=O) groups is 2. The summed E-state index contributed by atoms with van der Waals surface area (Å²) in [4.78, 5) is 31.3. The summed E-state index contributed by atoms with van der Waals surface area (Å²) in [6.45, 7) is 3.44. The zero-order valence-electron chi connectivity index (χ0n) is 18.6. The number of aromatic nitrogens is 5. The molecule has 0 fully saturated rings. The molecular formula is C20H24FN9O4. The van der Waals surface area contributed by atoms with Crippen molar-refractivity contribution in [1.29, 1.82) is 0 Å². The van der Waals surface area contributed by atoms with Crippen LogP contribution in [-0.2, 0) is 0 Å². The highest BCUT2D eigenvalue weighted by molar-refractivity contribution is 5.98. The van der Waals surface area contributed by atoms with Crippen molar-refractivity contribution in [3.63, 3.8) is 0 Å². The summed E-state index contributed by atoms with van der Waals surface area (Å²) in [6, 6.07) is 1.55. The van der Waals surface area contributed by atoms with Crippen LogP contribution in [0, 0.1) is 5.82 Å². The lowest BCUT2D eigenvalue weighted by Gasteiger charge is -2.25. The standard InChI is InChI=1S/C20H24FN9O4/c1-4-14(10(2)25-20(32)33)27-18-13(21)8-12(16(22)31)17(28-18)26-11-7-15(19(34-3)23-9-11)30-6-5-24-29-30/h5-10,14,25H,4H2,1-3H3,(H2,22,31)(H,32,33)(H2,26,27,28)/t10-,14+/m0/s1. The average Bonchev–Trinajstić information content (AvgIpc) is 3.33. The Balaban J connectivity index is 1.97. The van der Waals surface area contributed by atoms with Gasteiger partial charge in [0.15, 0.2) is 11.6 Å². The number of ether oxygens (including phenoxy) is 1. The number of amides is 2. The van der Waals surface area contributed by atoms with Crippen molar-refractivity contribution >= 4 is 29.3 Å². The first kappa shape index (κ1) is 24.2. The van der Waals surface area contributed by atoms with Gasteiger partial charge in [-0.05, 0) is 25.5 Å². The summed E-state index contributed by atoms with van der Waals surface area (Å²) in [7, 11) is 1.45. The Morgan fingerprint density at radius 2 is 2.09 bits per heavy atom. The topological polar surface area (TPSA) is 182 Å². The van der Waals surface area contributed by atoms with Gasteiger partial charge in [-0.1, -0.05) is 12.1 Å². The van der Waals surface area contributed by atoms with E-state index in [2.05, 4.69) is 36.2 Å². The minimum atomic E-state index is -1.21. The molecule has 3 rings (SSSR count). The van der Waals surface area contributed by atoms with Crippen LogP contribution in [0.3, 0.4) is 0 Å². The number of anilines is 3. The van der Waals surface area contributed by atoms with Crippen molar-refractivity contribution in [2.24, 2.45) is 5.73 Å². The number of carboxylic acid groups (broad SMARTS) is 1. The second kappa shape index (κ2) is 10.4. The number of nitrogens with zero attached hydrogens (tertiary/aromatic N) is 5.